The number of carbonyl (C=O) groups excluding carboxylic acids is 2. The Hall–Kier alpha value is -2.04. The number of methoxy groups -OCH3 is 1. The van der Waals surface area contributed by atoms with Crippen LogP contribution in [0.2, 0.25) is 0 Å². The Bertz CT molecular complexity index is 508. The molecule has 1 aromatic rings. The van der Waals surface area contributed by atoms with Crippen LogP contribution in [0.1, 0.15) is 31.7 Å². The molecule has 1 amide bonds. The molecule has 1 aliphatic rings. The summed E-state index contributed by atoms with van der Waals surface area (Å²) < 4.78 is 10.2. The molecule has 0 bridgehead atoms. The third kappa shape index (κ3) is 4.76. The number of nitrogens with zero attached hydrogens (tertiary/aromatic N) is 1. The van der Waals surface area contributed by atoms with Gasteiger partial charge in [-0.3, -0.25) is 9.59 Å². The van der Waals surface area contributed by atoms with Crippen molar-refractivity contribution in [3.05, 3.63) is 29.8 Å². The molecule has 1 aromatic carbocycles. The predicted octanol–water partition coefficient (Wildman–Crippen LogP) is 2.18. The van der Waals surface area contributed by atoms with Crippen LogP contribution in [0.3, 0.4) is 0 Å². The standard InChI is InChI=1S/C17H23NO4/c1-3-13-4-8-15(9-5-13)22-12-16(19)18(14-6-7-14)11-10-17(20)21-2/h4-5,8-9,14H,3,6-7,10-12H2,1-2H3. The molecule has 1 aliphatic carbocycles. The van der Waals surface area contributed by atoms with Gasteiger partial charge in [-0.05, 0) is 37.0 Å². The van der Waals surface area contributed by atoms with Crippen LogP contribution in [0.25, 0.3) is 0 Å². The van der Waals surface area contributed by atoms with Gasteiger partial charge < -0.3 is 14.4 Å². The van der Waals surface area contributed by atoms with Crippen molar-refractivity contribution in [2.45, 2.75) is 38.6 Å². The molecule has 5 nitrogen and oxygen atoms in total. The zero-order valence-corrected chi connectivity index (χ0v) is 13.2. The first-order chi connectivity index (χ1) is 10.6. The summed E-state index contributed by atoms with van der Waals surface area (Å²) in [7, 11) is 1.36. The number of hydrogen-bond acceptors (Lipinski definition) is 4. The van der Waals surface area contributed by atoms with Crippen molar-refractivity contribution in [2.75, 3.05) is 20.3 Å². The summed E-state index contributed by atoms with van der Waals surface area (Å²) in [5.41, 5.74) is 1.23. The van der Waals surface area contributed by atoms with Crippen LogP contribution in [0.5, 0.6) is 5.75 Å². The van der Waals surface area contributed by atoms with E-state index >= 15 is 0 Å². The topological polar surface area (TPSA) is 55.8 Å². The summed E-state index contributed by atoms with van der Waals surface area (Å²) in [6, 6.07) is 8.00. The minimum atomic E-state index is -0.297. The van der Waals surface area contributed by atoms with E-state index in [-0.39, 0.29) is 30.9 Å². The van der Waals surface area contributed by atoms with Crippen LogP contribution >= 0.6 is 0 Å². The second-order valence-corrected chi connectivity index (χ2v) is 5.43. The van der Waals surface area contributed by atoms with Gasteiger partial charge in [0.05, 0.1) is 13.5 Å². The van der Waals surface area contributed by atoms with Crippen molar-refractivity contribution in [3.8, 4) is 5.75 Å². The maximum absolute atomic E-state index is 12.3. The van der Waals surface area contributed by atoms with Gasteiger partial charge >= 0.3 is 5.97 Å². The molecule has 0 spiro atoms. The Balaban J connectivity index is 1.83. The Morgan fingerprint density at radius 1 is 1.23 bits per heavy atom. The van der Waals surface area contributed by atoms with Gasteiger partial charge in [0.2, 0.25) is 0 Å². The Labute approximate surface area is 131 Å². The number of hydrogen-bond donors (Lipinski definition) is 0. The summed E-state index contributed by atoms with van der Waals surface area (Å²) >= 11 is 0. The van der Waals surface area contributed by atoms with Crippen LogP contribution in [-0.2, 0) is 20.7 Å². The Kier molecular flexibility index (Phi) is 5.81. The molecule has 0 N–H and O–H groups in total. The minimum Gasteiger partial charge on any atom is -0.484 e. The molecule has 0 atom stereocenters. The Morgan fingerprint density at radius 2 is 1.91 bits per heavy atom. The molecule has 22 heavy (non-hydrogen) atoms. The number of esters is 1. The second-order valence-electron chi connectivity index (χ2n) is 5.43. The van der Waals surface area contributed by atoms with Crippen LogP contribution in [0, 0.1) is 0 Å². The van der Waals surface area contributed by atoms with Gasteiger partial charge in [-0.25, -0.2) is 0 Å². The molecule has 0 heterocycles. The highest BCUT2D eigenvalue weighted by molar-refractivity contribution is 5.79. The summed E-state index contributed by atoms with van der Waals surface area (Å²) in [4.78, 5) is 25.2. The van der Waals surface area contributed by atoms with Crippen molar-refractivity contribution in [1.82, 2.24) is 4.90 Å². The summed E-state index contributed by atoms with van der Waals surface area (Å²) in [6.07, 6.45) is 3.20. The highest BCUT2D eigenvalue weighted by Gasteiger charge is 2.32. The van der Waals surface area contributed by atoms with E-state index in [4.69, 9.17) is 4.74 Å². The number of ether oxygens (including phenoxy) is 2. The molecule has 0 radical (unpaired) electrons. The minimum absolute atomic E-state index is 0.00312. The van der Waals surface area contributed by atoms with Crippen molar-refractivity contribution in [1.29, 1.82) is 0 Å². The molecular weight excluding hydrogens is 282 g/mol. The van der Waals surface area contributed by atoms with Gasteiger partial charge in [-0.1, -0.05) is 19.1 Å². The lowest BCUT2D eigenvalue weighted by molar-refractivity contribution is -0.142. The van der Waals surface area contributed by atoms with E-state index in [0.717, 1.165) is 19.3 Å². The van der Waals surface area contributed by atoms with Crippen molar-refractivity contribution >= 4 is 11.9 Å². The van der Waals surface area contributed by atoms with Gasteiger partial charge in [0, 0.05) is 12.6 Å². The maximum Gasteiger partial charge on any atom is 0.307 e. The highest BCUT2D eigenvalue weighted by Crippen LogP contribution is 2.27. The second kappa shape index (κ2) is 7.82. The number of carbonyl (C=O) groups is 2. The molecule has 0 aliphatic heterocycles. The molecule has 0 unspecified atom stereocenters. The average molecular weight is 305 g/mol. The highest BCUT2D eigenvalue weighted by atomic mass is 16.5. The van der Waals surface area contributed by atoms with E-state index in [1.807, 2.05) is 24.3 Å². The first-order valence-electron chi connectivity index (χ1n) is 7.72. The lowest BCUT2D eigenvalue weighted by atomic mass is 10.2. The van der Waals surface area contributed by atoms with Crippen molar-refractivity contribution < 1.29 is 19.1 Å². The van der Waals surface area contributed by atoms with Crippen LogP contribution < -0.4 is 4.74 Å². The molecule has 2 rings (SSSR count). The molecule has 1 saturated carbocycles. The first-order valence-corrected chi connectivity index (χ1v) is 7.72. The van der Waals surface area contributed by atoms with Gasteiger partial charge in [0.1, 0.15) is 5.75 Å². The first kappa shape index (κ1) is 16.3. The zero-order valence-electron chi connectivity index (χ0n) is 13.2. The fourth-order valence-corrected chi connectivity index (χ4v) is 2.26. The monoisotopic (exact) mass is 305 g/mol. The third-order valence-electron chi connectivity index (χ3n) is 3.79. The molecular formula is C17H23NO4. The summed E-state index contributed by atoms with van der Waals surface area (Å²) in [5.74, 6) is 0.315. The van der Waals surface area contributed by atoms with Gasteiger partial charge in [-0.15, -0.1) is 0 Å². The normalized spacial score (nSPS) is 13.5. The molecule has 5 heteroatoms. The van der Waals surface area contributed by atoms with E-state index in [1.54, 1.807) is 4.90 Å². The maximum atomic E-state index is 12.3. The van der Waals surface area contributed by atoms with Gasteiger partial charge in [0.15, 0.2) is 6.61 Å². The van der Waals surface area contributed by atoms with E-state index in [2.05, 4.69) is 11.7 Å². The third-order valence-corrected chi connectivity index (χ3v) is 3.79. The number of rotatable bonds is 8. The fraction of sp³-hybridized carbons (Fsp3) is 0.529. The van der Waals surface area contributed by atoms with Gasteiger partial charge in [0.25, 0.3) is 5.91 Å². The number of benzene rings is 1. The number of amides is 1. The van der Waals surface area contributed by atoms with Crippen LogP contribution in [0.15, 0.2) is 24.3 Å². The van der Waals surface area contributed by atoms with Crippen molar-refractivity contribution in [3.63, 3.8) is 0 Å². The van der Waals surface area contributed by atoms with E-state index in [0.29, 0.717) is 12.3 Å². The number of aryl methyl sites for hydroxylation is 1. The SMILES string of the molecule is CCc1ccc(OCC(=O)N(CCC(=O)OC)C2CC2)cc1. The van der Waals surface area contributed by atoms with Crippen LogP contribution in [-0.4, -0.2) is 43.1 Å². The van der Waals surface area contributed by atoms with E-state index in [1.165, 1.54) is 12.7 Å². The summed E-state index contributed by atoms with van der Waals surface area (Å²) in [6.45, 7) is 2.49. The predicted molar refractivity (Wildman–Crippen MR) is 82.7 cm³/mol. The van der Waals surface area contributed by atoms with E-state index in [9.17, 15) is 9.59 Å². The van der Waals surface area contributed by atoms with Crippen molar-refractivity contribution in [2.24, 2.45) is 0 Å². The van der Waals surface area contributed by atoms with Crippen LogP contribution in [0.4, 0.5) is 0 Å². The molecule has 120 valence electrons. The molecule has 0 aromatic heterocycles. The quantitative estimate of drug-likeness (QED) is 0.691. The zero-order chi connectivity index (χ0) is 15.9. The Morgan fingerprint density at radius 3 is 2.45 bits per heavy atom. The fourth-order valence-electron chi connectivity index (χ4n) is 2.26. The van der Waals surface area contributed by atoms with Gasteiger partial charge in [-0.2, -0.15) is 0 Å². The molecule has 0 saturated heterocycles. The summed E-state index contributed by atoms with van der Waals surface area (Å²) in [5, 5.41) is 0. The largest absolute Gasteiger partial charge is 0.484 e. The lowest BCUT2D eigenvalue weighted by Gasteiger charge is -2.22. The lowest BCUT2D eigenvalue weighted by Crippen LogP contribution is -2.38. The molecule has 1 fully saturated rings. The van der Waals surface area contributed by atoms with E-state index < -0.39 is 0 Å². The smallest absolute Gasteiger partial charge is 0.307 e. The average Bonchev–Trinajstić information content (AvgIpc) is 3.38.